The highest BCUT2D eigenvalue weighted by Gasteiger charge is 2.15. The minimum absolute atomic E-state index is 0.644. The van der Waals surface area contributed by atoms with Gasteiger partial charge < -0.3 is 0 Å². The van der Waals surface area contributed by atoms with Gasteiger partial charge in [-0.15, -0.1) is 0 Å². The van der Waals surface area contributed by atoms with Crippen LogP contribution in [0.4, 0.5) is 0 Å². The number of aromatic nitrogens is 3. The minimum atomic E-state index is 0.644. The minimum Gasteiger partial charge on any atom is -0.208 e. The Morgan fingerprint density at radius 1 is 0.311 bits per heavy atom. The maximum absolute atomic E-state index is 5.05. The van der Waals surface area contributed by atoms with Crippen molar-refractivity contribution in [3.05, 3.63) is 163 Å². The predicted octanol–water partition coefficient (Wildman–Crippen LogP) is 10.8. The zero-order valence-corrected chi connectivity index (χ0v) is 24.9. The Labute approximate surface area is 262 Å². The zero-order valence-electron chi connectivity index (χ0n) is 24.9. The summed E-state index contributed by atoms with van der Waals surface area (Å²) in [5.74, 6) is 1.95. The number of rotatable bonds is 5. The van der Waals surface area contributed by atoms with Gasteiger partial charge in [-0.2, -0.15) is 0 Å². The van der Waals surface area contributed by atoms with E-state index in [9.17, 15) is 0 Å². The highest BCUT2D eigenvalue weighted by molar-refractivity contribution is 6.08. The standard InChI is InChI=1S/C42H29N3/c1-28-11-10-17-32(23-28)35-25-36(33-21-22-39-34(24-33)20-19-29-12-8-9-18-38(29)39)27-37(26-35)42-44-40(30-13-4-2-5-14-30)43-41(45-42)31-15-6-3-7-16-31/h2-27H,1H3. The van der Waals surface area contributed by atoms with Crippen LogP contribution in [-0.4, -0.2) is 15.0 Å². The fourth-order valence-electron chi connectivity index (χ4n) is 6.04. The van der Waals surface area contributed by atoms with E-state index in [1.165, 1.54) is 27.1 Å². The fraction of sp³-hybridized carbons (Fsp3) is 0.0238. The first-order chi connectivity index (χ1) is 22.2. The van der Waals surface area contributed by atoms with E-state index >= 15 is 0 Å². The number of hydrogen-bond acceptors (Lipinski definition) is 3. The van der Waals surface area contributed by atoms with Crippen LogP contribution < -0.4 is 0 Å². The topological polar surface area (TPSA) is 38.7 Å². The van der Waals surface area contributed by atoms with Crippen LogP contribution in [0.2, 0.25) is 0 Å². The van der Waals surface area contributed by atoms with Crippen LogP contribution in [-0.2, 0) is 0 Å². The molecule has 3 nitrogen and oxygen atoms in total. The van der Waals surface area contributed by atoms with Crippen LogP contribution >= 0.6 is 0 Å². The van der Waals surface area contributed by atoms with Crippen LogP contribution in [0.25, 0.3) is 78.0 Å². The molecular formula is C42H29N3. The van der Waals surface area contributed by atoms with Crippen molar-refractivity contribution < 1.29 is 0 Å². The molecule has 0 atom stereocenters. The van der Waals surface area contributed by atoms with Crippen molar-refractivity contribution >= 4 is 21.5 Å². The molecule has 1 aromatic heterocycles. The van der Waals surface area contributed by atoms with Gasteiger partial charge in [0.25, 0.3) is 0 Å². The summed E-state index contributed by atoms with van der Waals surface area (Å²) in [5.41, 5.74) is 8.61. The molecule has 1 heterocycles. The molecule has 0 fully saturated rings. The monoisotopic (exact) mass is 575 g/mol. The lowest BCUT2D eigenvalue weighted by molar-refractivity contribution is 1.07. The molecule has 3 heteroatoms. The van der Waals surface area contributed by atoms with E-state index in [0.29, 0.717) is 17.5 Å². The fourth-order valence-corrected chi connectivity index (χ4v) is 6.04. The van der Waals surface area contributed by atoms with Gasteiger partial charge in [0, 0.05) is 16.7 Å². The number of fused-ring (bicyclic) bond motifs is 3. The lowest BCUT2D eigenvalue weighted by Crippen LogP contribution is -2.00. The van der Waals surface area contributed by atoms with Crippen molar-refractivity contribution in [1.29, 1.82) is 0 Å². The van der Waals surface area contributed by atoms with Crippen LogP contribution in [0.5, 0.6) is 0 Å². The van der Waals surface area contributed by atoms with E-state index in [4.69, 9.17) is 15.0 Å². The van der Waals surface area contributed by atoms with Gasteiger partial charge in [0.1, 0.15) is 0 Å². The Bertz CT molecular complexity index is 2270. The zero-order chi connectivity index (χ0) is 30.2. The smallest absolute Gasteiger partial charge is 0.164 e. The number of nitrogens with zero attached hydrogens (tertiary/aromatic N) is 3. The van der Waals surface area contributed by atoms with Gasteiger partial charge in [0.05, 0.1) is 0 Å². The van der Waals surface area contributed by atoms with Gasteiger partial charge in [0.15, 0.2) is 17.5 Å². The number of hydrogen-bond donors (Lipinski definition) is 0. The first-order valence-electron chi connectivity index (χ1n) is 15.2. The van der Waals surface area contributed by atoms with Crippen molar-refractivity contribution in [3.63, 3.8) is 0 Å². The molecule has 8 aromatic rings. The molecule has 212 valence electrons. The SMILES string of the molecule is Cc1cccc(-c2cc(-c3ccc4c(ccc5ccccc54)c3)cc(-c3nc(-c4ccccc4)nc(-c4ccccc4)n3)c2)c1. The quantitative estimate of drug-likeness (QED) is 0.192. The Morgan fingerprint density at radius 2 is 0.822 bits per heavy atom. The maximum Gasteiger partial charge on any atom is 0.164 e. The van der Waals surface area contributed by atoms with Crippen molar-refractivity contribution in [2.45, 2.75) is 6.92 Å². The van der Waals surface area contributed by atoms with Crippen LogP contribution in [0, 0.1) is 6.92 Å². The first-order valence-corrected chi connectivity index (χ1v) is 15.2. The second kappa shape index (κ2) is 11.3. The van der Waals surface area contributed by atoms with Gasteiger partial charge >= 0.3 is 0 Å². The Balaban J connectivity index is 1.35. The maximum atomic E-state index is 5.05. The van der Waals surface area contributed by atoms with Crippen molar-refractivity contribution in [2.24, 2.45) is 0 Å². The highest BCUT2D eigenvalue weighted by atomic mass is 15.0. The van der Waals surface area contributed by atoms with E-state index in [0.717, 1.165) is 38.9 Å². The summed E-state index contributed by atoms with van der Waals surface area (Å²) in [7, 11) is 0. The van der Waals surface area contributed by atoms with Crippen molar-refractivity contribution in [2.75, 3.05) is 0 Å². The van der Waals surface area contributed by atoms with Crippen molar-refractivity contribution in [3.8, 4) is 56.4 Å². The first kappa shape index (κ1) is 26.7. The molecule has 7 aromatic carbocycles. The Morgan fingerprint density at radius 3 is 1.49 bits per heavy atom. The Hall–Kier alpha value is -5.93. The molecular weight excluding hydrogens is 546 g/mol. The third-order valence-electron chi connectivity index (χ3n) is 8.32. The van der Waals surface area contributed by atoms with Crippen molar-refractivity contribution in [1.82, 2.24) is 15.0 Å². The van der Waals surface area contributed by atoms with Gasteiger partial charge in [-0.1, -0.05) is 139 Å². The third-order valence-corrected chi connectivity index (χ3v) is 8.32. The molecule has 0 radical (unpaired) electrons. The molecule has 0 saturated carbocycles. The summed E-state index contributed by atoms with van der Waals surface area (Å²) in [6.07, 6.45) is 0. The molecule has 0 unspecified atom stereocenters. The number of benzene rings is 7. The molecule has 0 aliphatic rings. The molecule has 0 bridgehead atoms. The van der Waals surface area contributed by atoms with E-state index in [-0.39, 0.29) is 0 Å². The summed E-state index contributed by atoms with van der Waals surface area (Å²) in [6.45, 7) is 2.13. The average Bonchev–Trinajstić information content (AvgIpc) is 3.11. The summed E-state index contributed by atoms with van der Waals surface area (Å²) in [4.78, 5) is 15.0. The second-order valence-electron chi connectivity index (χ2n) is 11.4. The molecule has 0 N–H and O–H groups in total. The second-order valence-corrected chi connectivity index (χ2v) is 11.4. The van der Waals surface area contributed by atoms with Crippen LogP contribution in [0.15, 0.2) is 158 Å². The summed E-state index contributed by atoms with van der Waals surface area (Å²) < 4.78 is 0. The largest absolute Gasteiger partial charge is 0.208 e. The van der Waals surface area contributed by atoms with E-state index in [1.807, 2.05) is 60.7 Å². The highest BCUT2D eigenvalue weighted by Crippen LogP contribution is 2.35. The van der Waals surface area contributed by atoms with Gasteiger partial charge in [0.2, 0.25) is 0 Å². The van der Waals surface area contributed by atoms with E-state index in [1.54, 1.807) is 0 Å². The van der Waals surface area contributed by atoms with Gasteiger partial charge in [-0.3, -0.25) is 0 Å². The van der Waals surface area contributed by atoms with E-state index in [2.05, 4.69) is 104 Å². The summed E-state index contributed by atoms with van der Waals surface area (Å²) >= 11 is 0. The van der Waals surface area contributed by atoms with Gasteiger partial charge in [-0.05, 0) is 75.0 Å². The lowest BCUT2D eigenvalue weighted by atomic mass is 9.93. The molecule has 45 heavy (non-hydrogen) atoms. The average molecular weight is 576 g/mol. The van der Waals surface area contributed by atoms with Gasteiger partial charge in [-0.25, -0.2) is 15.0 Å². The molecule has 0 amide bonds. The van der Waals surface area contributed by atoms with Crippen LogP contribution in [0.1, 0.15) is 5.56 Å². The molecule has 8 rings (SSSR count). The lowest BCUT2D eigenvalue weighted by Gasteiger charge is -2.13. The predicted molar refractivity (Wildman–Crippen MR) is 187 cm³/mol. The molecule has 0 aliphatic heterocycles. The summed E-state index contributed by atoms with van der Waals surface area (Å²) in [6, 6.07) is 55.3. The normalized spacial score (nSPS) is 11.2. The molecule has 0 aliphatic carbocycles. The Kier molecular flexibility index (Phi) is 6.69. The summed E-state index contributed by atoms with van der Waals surface area (Å²) in [5, 5.41) is 4.98. The molecule has 0 spiro atoms. The van der Waals surface area contributed by atoms with E-state index < -0.39 is 0 Å². The third kappa shape index (κ3) is 5.26. The molecule has 0 saturated heterocycles. The van der Waals surface area contributed by atoms with Crippen LogP contribution in [0.3, 0.4) is 0 Å². The number of aryl methyl sites for hydroxylation is 1.